The fourth-order valence-corrected chi connectivity index (χ4v) is 1.39. The summed E-state index contributed by atoms with van der Waals surface area (Å²) in [5.41, 5.74) is 2.15. The van der Waals surface area contributed by atoms with E-state index < -0.39 is 11.9 Å². The van der Waals surface area contributed by atoms with Gasteiger partial charge in [-0.1, -0.05) is 38.1 Å². The predicted octanol–water partition coefficient (Wildman–Crippen LogP) is 2.02. The summed E-state index contributed by atoms with van der Waals surface area (Å²) in [6.45, 7) is 3.86. The van der Waals surface area contributed by atoms with E-state index in [0.717, 1.165) is 5.56 Å². The Labute approximate surface area is 106 Å². The number of nitrogens with one attached hydrogen (secondary N) is 1. The molecule has 0 radical (unpaired) electrons. The van der Waals surface area contributed by atoms with E-state index in [2.05, 4.69) is 19.2 Å². The average Bonchev–Trinajstić information content (AvgIpc) is 2.34. The maximum absolute atomic E-state index is 11.2. The van der Waals surface area contributed by atoms with Crippen molar-refractivity contribution in [1.29, 1.82) is 0 Å². The summed E-state index contributed by atoms with van der Waals surface area (Å²) in [4.78, 5) is 21.5. The molecule has 0 aliphatic carbocycles. The minimum Gasteiger partial charge on any atom is -0.480 e. The standard InChI is InChI=1S/C14H17NO3/c1-10(2)12-6-3-11(4-7-12)5-8-13(16)15-9-14(17)18/h3-8,10H,9H2,1-2H3,(H,15,16)(H,17,18)/b8-5+. The molecule has 0 unspecified atom stereocenters. The van der Waals surface area contributed by atoms with Gasteiger partial charge in [0.15, 0.2) is 0 Å². The molecule has 0 spiro atoms. The van der Waals surface area contributed by atoms with Crippen LogP contribution >= 0.6 is 0 Å². The molecule has 1 aromatic rings. The largest absolute Gasteiger partial charge is 0.480 e. The van der Waals surface area contributed by atoms with Crippen LogP contribution in [0.5, 0.6) is 0 Å². The first-order valence-electron chi connectivity index (χ1n) is 5.76. The van der Waals surface area contributed by atoms with Crippen molar-refractivity contribution in [3.63, 3.8) is 0 Å². The molecular weight excluding hydrogens is 230 g/mol. The highest BCUT2D eigenvalue weighted by molar-refractivity contribution is 5.93. The van der Waals surface area contributed by atoms with Crippen molar-refractivity contribution in [1.82, 2.24) is 5.32 Å². The van der Waals surface area contributed by atoms with Crippen LogP contribution in [0.3, 0.4) is 0 Å². The van der Waals surface area contributed by atoms with Gasteiger partial charge in [-0.15, -0.1) is 0 Å². The zero-order chi connectivity index (χ0) is 13.5. The number of benzene rings is 1. The molecule has 1 aromatic carbocycles. The van der Waals surface area contributed by atoms with Crippen molar-refractivity contribution in [3.05, 3.63) is 41.5 Å². The Bertz CT molecular complexity index is 447. The lowest BCUT2D eigenvalue weighted by atomic mass is 10.0. The summed E-state index contributed by atoms with van der Waals surface area (Å²) in [6, 6.07) is 7.88. The molecule has 1 amide bonds. The van der Waals surface area contributed by atoms with Crippen molar-refractivity contribution in [3.8, 4) is 0 Å². The highest BCUT2D eigenvalue weighted by Crippen LogP contribution is 2.15. The van der Waals surface area contributed by atoms with E-state index in [1.807, 2.05) is 24.3 Å². The quantitative estimate of drug-likeness (QED) is 0.782. The summed E-state index contributed by atoms with van der Waals surface area (Å²) < 4.78 is 0. The number of rotatable bonds is 5. The molecule has 1 rings (SSSR count). The van der Waals surface area contributed by atoms with E-state index in [-0.39, 0.29) is 6.54 Å². The number of carbonyl (C=O) groups excluding carboxylic acids is 1. The minimum atomic E-state index is -1.06. The highest BCUT2D eigenvalue weighted by atomic mass is 16.4. The van der Waals surface area contributed by atoms with Gasteiger partial charge >= 0.3 is 5.97 Å². The van der Waals surface area contributed by atoms with Gasteiger partial charge < -0.3 is 10.4 Å². The Balaban J connectivity index is 2.56. The first-order chi connectivity index (χ1) is 8.49. The second-order valence-corrected chi connectivity index (χ2v) is 4.27. The first-order valence-corrected chi connectivity index (χ1v) is 5.76. The van der Waals surface area contributed by atoms with Gasteiger partial charge in [0.1, 0.15) is 6.54 Å². The SMILES string of the molecule is CC(C)c1ccc(/C=C/C(=O)NCC(=O)O)cc1. The van der Waals surface area contributed by atoms with Crippen LogP contribution in [0.15, 0.2) is 30.3 Å². The van der Waals surface area contributed by atoms with Crippen LogP contribution in [0.25, 0.3) is 6.08 Å². The lowest BCUT2D eigenvalue weighted by Gasteiger charge is -2.04. The molecule has 0 aliphatic rings. The summed E-state index contributed by atoms with van der Waals surface area (Å²) in [5.74, 6) is -0.995. The number of hydrogen-bond donors (Lipinski definition) is 2. The third-order valence-electron chi connectivity index (χ3n) is 2.44. The van der Waals surface area contributed by atoms with Gasteiger partial charge in [-0.2, -0.15) is 0 Å². The van der Waals surface area contributed by atoms with Crippen molar-refractivity contribution in [2.75, 3.05) is 6.54 Å². The van der Waals surface area contributed by atoms with E-state index in [1.165, 1.54) is 11.6 Å². The molecule has 4 nitrogen and oxygen atoms in total. The van der Waals surface area contributed by atoms with Crippen LogP contribution in [0, 0.1) is 0 Å². The molecular formula is C14H17NO3. The van der Waals surface area contributed by atoms with Gasteiger partial charge in [-0.05, 0) is 23.1 Å². The normalized spacial score (nSPS) is 10.8. The number of carboxylic acids is 1. The maximum atomic E-state index is 11.2. The van der Waals surface area contributed by atoms with Crippen molar-refractivity contribution in [2.24, 2.45) is 0 Å². The van der Waals surface area contributed by atoms with Crippen molar-refractivity contribution in [2.45, 2.75) is 19.8 Å². The average molecular weight is 247 g/mol. The first kappa shape index (κ1) is 14.0. The molecule has 0 bridgehead atoms. The number of carboxylic acid groups (broad SMARTS) is 1. The third kappa shape index (κ3) is 4.82. The number of aliphatic carboxylic acids is 1. The number of amides is 1. The molecule has 2 N–H and O–H groups in total. The molecule has 4 heteroatoms. The summed E-state index contributed by atoms with van der Waals surface area (Å²) in [5, 5.41) is 10.6. The molecule has 0 heterocycles. The summed E-state index contributed by atoms with van der Waals surface area (Å²) >= 11 is 0. The van der Waals surface area contributed by atoms with Gasteiger partial charge in [0.05, 0.1) is 0 Å². The van der Waals surface area contributed by atoms with Gasteiger partial charge in [-0.3, -0.25) is 9.59 Å². The Morgan fingerprint density at radius 1 is 1.28 bits per heavy atom. The smallest absolute Gasteiger partial charge is 0.322 e. The number of hydrogen-bond acceptors (Lipinski definition) is 2. The van der Waals surface area contributed by atoms with E-state index in [0.29, 0.717) is 5.92 Å². The molecule has 0 aromatic heterocycles. The Morgan fingerprint density at radius 3 is 2.39 bits per heavy atom. The molecule has 0 atom stereocenters. The van der Waals surface area contributed by atoms with Crippen LogP contribution in [0.4, 0.5) is 0 Å². The molecule has 96 valence electrons. The summed E-state index contributed by atoms with van der Waals surface area (Å²) in [6.07, 6.45) is 2.98. The van der Waals surface area contributed by atoms with Gasteiger partial charge in [-0.25, -0.2) is 0 Å². The fraction of sp³-hybridized carbons (Fsp3) is 0.286. The van der Waals surface area contributed by atoms with E-state index in [4.69, 9.17) is 5.11 Å². The van der Waals surface area contributed by atoms with Crippen LogP contribution in [0.1, 0.15) is 30.9 Å². The molecule has 0 saturated heterocycles. The summed E-state index contributed by atoms with van der Waals surface area (Å²) in [7, 11) is 0. The lowest BCUT2D eigenvalue weighted by Crippen LogP contribution is -2.27. The van der Waals surface area contributed by atoms with E-state index >= 15 is 0 Å². The van der Waals surface area contributed by atoms with E-state index in [9.17, 15) is 9.59 Å². The van der Waals surface area contributed by atoms with E-state index in [1.54, 1.807) is 6.08 Å². The Morgan fingerprint density at radius 2 is 1.89 bits per heavy atom. The molecule has 0 fully saturated rings. The zero-order valence-electron chi connectivity index (χ0n) is 10.5. The fourth-order valence-electron chi connectivity index (χ4n) is 1.39. The zero-order valence-corrected chi connectivity index (χ0v) is 10.5. The van der Waals surface area contributed by atoms with Crippen LogP contribution < -0.4 is 5.32 Å². The second kappa shape index (κ2) is 6.59. The van der Waals surface area contributed by atoms with Crippen LogP contribution in [-0.2, 0) is 9.59 Å². The monoisotopic (exact) mass is 247 g/mol. The van der Waals surface area contributed by atoms with Gasteiger partial charge in [0, 0.05) is 6.08 Å². The Kier molecular flexibility index (Phi) is 5.11. The molecule has 0 aliphatic heterocycles. The minimum absolute atomic E-state index is 0.366. The second-order valence-electron chi connectivity index (χ2n) is 4.27. The highest BCUT2D eigenvalue weighted by Gasteiger charge is 2.00. The van der Waals surface area contributed by atoms with Crippen molar-refractivity contribution >= 4 is 18.0 Å². The topological polar surface area (TPSA) is 66.4 Å². The van der Waals surface area contributed by atoms with Crippen LogP contribution in [-0.4, -0.2) is 23.5 Å². The molecule has 18 heavy (non-hydrogen) atoms. The molecule has 0 saturated carbocycles. The van der Waals surface area contributed by atoms with Gasteiger partial charge in [0.2, 0.25) is 5.91 Å². The lowest BCUT2D eigenvalue weighted by molar-refractivity contribution is -0.137. The predicted molar refractivity (Wildman–Crippen MR) is 70.2 cm³/mol. The number of carbonyl (C=O) groups is 2. The Hall–Kier alpha value is -2.10. The van der Waals surface area contributed by atoms with Crippen LogP contribution in [0.2, 0.25) is 0 Å². The third-order valence-corrected chi connectivity index (χ3v) is 2.44. The van der Waals surface area contributed by atoms with Gasteiger partial charge in [0.25, 0.3) is 0 Å². The van der Waals surface area contributed by atoms with Crippen molar-refractivity contribution < 1.29 is 14.7 Å². The maximum Gasteiger partial charge on any atom is 0.322 e.